The molecule has 96 valence electrons. The van der Waals surface area contributed by atoms with E-state index in [4.69, 9.17) is 10.5 Å². The van der Waals surface area contributed by atoms with E-state index >= 15 is 0 Å². The summed E-state index contributed by atoms with van der Waals surface area (Å²) in [5.41, 5.74) is 6.59. The number of hydrogen-bond acceptors (Lipinski definition) is 3. The summed E-state index contributed by atoms with van der Waals surface area (Å²) in [5.74, 6) is -0.201. The van der Waals surface area contributed by atoms with E-state index in [1.165, 1.54) is 6.07 Å². The number of likely N-dealkylation sites (N-methyl/N-ethyl adjacent to an activating group) is 1. The zero-order chi connectivity index (χ0) is 12.7. The second kappa shape index (κ2) is 7.25. The van der Waals surface area contributed by atoms with Gasteiger partial charge in [0, 0.05) is 32.8 Å². The Morgan fingerprint density at radius 1 is 1.41 bits per heavy atom. The Bertz CT molecular complexity index is 333. The number of rotatable bonds is 7. The average molecular weight is 240 g/mol. The van der Waals surface area contributed by atoms with Gasteiger partial charge in [-0.1, -0.05) is 12.1 Å². The van der Waals surface area contributed by atoms with Crippen LogP contribution in [0, 0.1) is 5.82 Å². The van der Waals surface area contributed by atoms with Crippen molar-refractivity contribution in [2.24, 2.45) is 5.73 Å². The lowest BCUT2D eigenvalue weighted by Gasteiger charge is -2.26. The Labute approximate surface area is 102 Å². The summed E-state index contributed by atoms with van der Waals surface area (Å²) in [6.07, 6.45) is 0.779. The quantitative estimate of drug-likeness (QED) is 0.792. The summed E-state index contributed by atoms with van der Waals surface area (Å²) in [4.78, 5) is 1.95. The molecular formula is C13H21FN2O. The smallest absolute Gasteiger partial charge is 0.146 e. The van der Waals surface area contributed by atoms with Gasteiger partial charge >= 0.3 is 0 Å². The average Bonchev–Trinajstić information content (AvgIpc) is 2.34. The van der Waals surface area contributed by atoms with Crippen molar-refractivity contribution in [2.45, 2.75) is 19.4 Å². The van der Waals surface area contributed by atoms with E-state index in [9.17, 15) is 4.39 Å². The van der Waals surface area contributed by atoms with Gasteiger partial charge in [0.15, 0.2) is 0 Å². The van der Waals surface area contributed by atoms with Crippen molar-refractivity contribution in [3.05, 3.63) is 30.1 Å². The lowest BCUT2D eigenvalue weighted by molar-refractivity contribution is 0.188. The Hall–Kier alpha value is -1.13. The number of nitrogens with zero attached hydrogens (tertiary/aromatic N) is 1. The molecule has 17 heavy (non-hydrogen) atoms. The van der Waals surface area contributed by atoms with Gasteiger partial charge in [-0.2, -0.15) is 0 Å². The fraction of sp³-hybridized carbons (Fsp3) is 0.538. The molecule has 0 aliphatic rings. The zero-order valence-electron chi connectivity index (χ0n) is 10.5. The van der Waals surface area contributed by atoms with Crippen LogP contribution in [-0.2, 0) is 4.74 Å². The molecule has 0 heterocycles. The van der Waals surface area contributed by atoms with Gasteiger partial charge in [-0.25, -0.2) is 4.39 Å². The summed E-state index contributed by atoms with van der Waals surface area (Å²) >= 11 is 0. The Kier molecular flexibility index (Phi) is 5.94. The molecule has 0 aliphatic heterocycles. The molecule has 1 rings (SSSR count). The molecule has 0 bridgehead atoms. The van der Waals surface area contributed by atoms with Gasteiger partial charge in [-0.3, -0.25) is 0 Å². The van der Waals surface area contributed by atoms with Gasteiger partial charge in [-0.05, 0) is 25.5 Å². The van der Waals surface area contributed by atoms with E-state index in [1.54, 1.807) is 19.2 Å². The number of para-hydroxylation sites is 1. The minimum absolute atomic E-state index is 0.00509. The van der Waals surface area contributed by atoms with Crippen LogP contribution in [0.4, 0.5) is 10.1 Å². The summed E-state index contributed by atoms with van der Waals surface area (Å²) in [6, 6.07) is 6.77. The number of nitrogens with two attached hydrogens (primary N) is 1. The summed E-state index contributed by atoms with van der Waals surface area (Å²) in [5, 5.41) is 0. The SMILES string of the molecule is CCN(CC(N)CCOC)c1ccccc1F. The third-order valence-corrected chi connectivity index (χ3v) is 2.72. The Morgan fingerprint density at radius 3 is 2.71 bits per heavy atom. The van der Waals surface area contributed by atoms with E-state index in [1.807, 2.05) is 17.9 Å². The van der Waals surface area contributed by atoms with E-state index in [0.29, 0.717) is 18.8 Å². The maximum absolute atomic E-state index is 13.6. The molecule has 3 nitrogen and oxygen atoms in total. The number of anilines is 1. The molecule has 0 radical (unpaired) electrons. The van der Waals surface area contributed by atoms with Crippen molar-refractivity contribution < 1.29 is 9.13 Å². The van der Waals surface area contributed by atoms with Crippen molar-refractivity contribution in [3.8, 4) is 0 Å². The number of ether oxygens (including phenoxy) is 1. The second-order valence-electron chi connectivity index (χ2n) is 4.03. The molecule has 2 N–H and O–H groups in total. The molecule has 0 amide bonds. The number of halogens is 1. The first kappa shape index (κ1) is 13.9. The third kappa shape index (κ3) is 4.32. The molecule has 0 saturated carbocycles. The lowest BCUT2D eigenvalue weighted by Crippen LogP contribution is -2.38. The lowest BCUT2D eigenvalue weighted by atomic mass is 10.2. The van der Waals surface area contributed by atoms with Crippen molar-refractivity contribution in [1.82, 2.24) is 0 Å². The Balaban J connectivity index is 2.62. The van der Waals surface area contributed by atoms with Gasteiger partial charge in [0.05, 0.1) is 5.69 Å². The third-order valence-electron chi connectivity index (χ3n) is 2.72. The maximum atomic E-state index is 13.6. The molecule has 0 saturated heterocycles. The van der Waals surface area contributed by atoms with Crippen LogP contribution in [0.25, 0.3) is 0 Å². The fourth-order valence-corrected chi connectivity index (χ4v) is 1.75. The van der Waals surface area contributed by atoms with E-state index in [0.717, 1.165) is 13.0 Å². The first-order chi connectivity index (χ1) is 8.19. The predicted octanol–water partition coefficient (Wildman–Crippen LogP) is 2.02. The van der Waals surface area contributed by atoms with Gasteiger partial charge in [0.2, 0.25) is 0 Å². The fourth-order valence-electron chi connectivity index (χ4n) is 1.75. The molecule has 4 heteroatoms. The predicted molar refractivity (Wildman–Crippen MR) is 68.8 cm³/mol. The van der Waals surface area contributed by atoms with Crippen LogP contribution in [0.1, 0.15) is 13.3 Å². The molecule has 1 aromatic carbocycles. The van der Waals surface area contributed by atoms with Gasteiger partial charge in [0.25, 0.3) is 0 Å². The topological polar surface area (TPSA) is 38.5 Å². The molecule has 0 spiro atoms. The minimum atomic E-state index is -0.201. The van der Waals surface area contributed by atoms with Crippen LogP contribution in [0.3, 0.4) is 0 Å². The number of methoxy groups -OCH3 is 1. The molecule has 0 aliphatic carbocycles. The van der Waals surface area contributed by atoms with Gasteiger partial charge in [0.1, 0.15) is 5.82 Å². The highest BCUT2D eigenvalue weighted by atomic mass is 19.1. The highest BCUT2D eigenvalue weighted by Crippen LogP contribution is 2.18. The Morgan fingerprint density at radius 2 is 2.12 bits per heavy atom. The number of benzene rings is 1. The highest BCUT2D eigenvalue weighted by molar-refractivity contribution is 5.47. The molecule has 0 fully saturated rings. The van der Waals surface area contributed by atoms with Crippen LogP contribution >= 0.6 is 0 Å². The van der Waals surface area contributed by atoms with Crippen LogP contribution in [0.5, 0.6) is 0 Å². The van der Waals surface area contributed by atoms with E-state index in [2.05, 4.69) is 0 Å². The molecule has 1 unspecified atom stereocenters. The second-order valence-corrected chi connectivity index (χ2v) is 4.03. The van der Waals surface area contributed by atoms with Crippen LogP contribution in [0.2, 0.25) is 0 Å². The minimum Gasteiger partial charge on any atom is -0.385 e. The van der Waals surface area contributed by atoms with Crippen LogP contribution in [0.15, 0.2) is 24.3 Å². The van der Waals surface area contributed by atoms with E-state index < -0.39 is 0 Å². The van der Waals surface area contributed by atoms with Crippen LogP contribution < -0.4 is 10.6 Å². The first-order valence-electron chi connectivity index (χ1n) is 5.93. The van der Waals surface area contributed by atoms with Crippen molar-refractivity contribution >= 4 is 5.69 Å². The zero-order valence-corrected chi connectivity index (χ0v) is 10.5. The largest absolute Gasteiger partial charge is 0.385 e. The molecule has 1 atom stereocenters. The summed E-state index contributed by atoms with van der Waals surface area (Å²) < 4.78 is 18.6. The van der Waals surface area contributed by atoms with E-state index in [-0.39, 0.29) is 11.9 Å². The number of hydrogen-bond donors (Lipinski definition) is 1. The molecule has 1 aromatic rings. The standard InChI is InChI=1S/C13H21FN2O/c1-3-16(10-11(15)8-9-17-2)13-7-5-4-6-12(13)14/h4-7,11H,3,8-10,15H2,1-2H3. The summed E-state index contributed by atoms with van der Waals surface area (Å²) in [7, 11) is 1.65. The normalized spacial score (nSPS) is 12.5. The molecule has 0 aromatic heterocycles. The molecular weight excluding hydrogens is 219 g/mol. The van der Waals surface area contributed by atoms with Crippen molar-refractivity contribution in [1.29, 1.82) is 0 Å². The van der Waals surface area contributed by atoms with Crippen molar-refractivity contribution in [3.63, 3.8) is 0 Å². The maximum Gasteiger partial charge on any atom is 0.146 e. The van der Waals surface area contributed by atoms with Crippen molar-refractivity contribution in [2.75, 3.05) is 31.7 Å². The highest BCUT2D eigenvalue weighted by Gasteiger charge is 2.12. The summed E-state index contributed by atoms with van der Waals surface area (Å²) in [6.45, 7) is 4.01. The first-order valence-corrected chi connectivity index (χ1v) is 5.93. The van der Waals surface area contributed by atoms with Gasteiger partial charge < -0.3 is 15.4 Å². The monoisotopic (exact) mass is 240 g/mol. The van der Waals surface area contributed by atoms with Gasteiger partial charge in [-0.15, -0.1) is 0 Å². The van der Waals surface area contributed by atoms with Crippen LogP contribution in [-0.4, -0.2) is 32.8 Å².